The van der Waals surface area contributed by atoms with E-state index in [9.17, 15) is 4.79 Å². The number of halogens is 1. The second-order valence-electron chi connectivity index (χ2n) is 7.02. The predicted molar refractivity (Wildman–Crippen MR) is 115 cm³/mol. The van der Waals surface area contributed by atoms with Gasteiger partial charge in [-0.15, -0.1) is 0 Å². The summed E-state index contributed by atoms with van der Waals surface area (Å²) >= 11 is 3.37. The third-order valence-electron chi connectivity index (χ3n) is 4.34. The van der Waals surface area contributed by atoms with E-state index in [1.165, 1.54) is 19.3 Å². The molecule has 27 heavy (non-hydrogen) atoms. The summed E-state index contributed by atoms with van der Waals surface area (Å²) < 4.78 is 11.2. The van der Waals surface area contributed by atoms with Crippen LogP contribution in [0.2, 0.25) is 0 Å². The number of alkyl halides is 1. The molecule has 2 rings (SSSR count). The quantitative estimate of drug-likeness (QED) is 0.182. The van der Waals surface area contributed by atoms with Crippen LogP contribution < -0.4 is 9.47 Å². The molecule has 0 heterocycles. The molecule has 0 radical (unpaired) electrons. The van der Waals surface area contributed by atoms with Gasteiger partial charge in [-0.25, -0.2) is 0 Å². The fraction of sp³-hybridized carbons (Fsp3) is 0.435. The van der Waals surface area contributed by atoms with Gasteiger partial charge in [-0.1, -0.05) is 80.2 Å². The van der Waals surface area contributed by atoms with Gasteiger partial charge in [0.05, 0.1) is 6.61 Å². The zero-order chi connectivity index (χ0) is 19.6. The van der Waals surface area contributed by atoms with Crippen LogP contribution in [0.4, 0.5) is 0 Å². The number of rotatable bonds is 10. The van der Waals surface area contributed by atoms with E-state index in [-0.39, 0.29) is 16.7 Å². The minimum absolute atomic E-state index is 0.184. The Kier molecular flexibility index (Phi) is 8.86. The maximum absolute atomic E-state index is 12.0. The molecule has 0 saturated heterocycles. The number of hydrogen-bond acceptors (Lipinski definition) is 3. The minimum Gasteiger partial charge on any atom is -0.494 e. The number of esters is 1. The van der Waals surface area contributed by atoms with Crippen molar-refractivity contribution in [2.45, 2.75) is 51.3 Å². The molecule has 0 spiro atoms. The van der Waals surface area contributed by atoms with Crippen LogP contribution in [0.25, 0.3) is 11.1 Å². The van der Waals surface area contributed by atoms with Gasteiger partial charge >= 0.3 is 5.97 Å². The molecular weight excluding hydrogens is 404 g/mol. The summed E-state index contributed by atoms with van der Waals surface area (Å²) in [4.78, 5) is 11.7. The highest BCUT2D eigenvalue weighted by molar-refractivity contribution is 9.10. The molecule has 0 amide bonds. The second kappa shape index (κ2) is 11.1. The lowest BCUT2D eigenvalue weighted by Crippen LogP contribution is -2.24. The third kappa shape index (κ3) is 7.02. The highest BCUT2D eigenvalue weighted by Crippen LogP contribution is 2.25. The molecule has 2 aromatic carbocycles. The summed E-state index contributed by atoms with van der Waals surface area (Å²) in [6.45, 7) is 6.93. The molecule has 0 N–H and O–H groups in total. The third-order valence-corrected chi connectivity index (χ3v) is 5.77. The number of benzene rings is 2. The predicted octanol–water partition coefficient (Wildman–Crippen LogP) is 6.64. The average Bonchev–Trinajstić information content (AvgIpc) is 2.68. The number of unbranched alkanes of at least 4 members (excludes halogenated alkanes) is 3. The van der Waals surface area contributed by atoms with Gasteiger partial charge in [0.2, 0.25) is 0 Å². The zero-order valence-electron chi connectivity index (χ0n) is 16.4. The van der Waals surface area contributed by atoms with Crippen molar-refractivity contribution < 1.29 is 14.3 Å². The summed E-state index contributed by atoms with van der Waals surface area (Å²) in [6.07, 6.45) is 4.82. The molecule has 0 aromatic heterocycles. The average molecular weight is 433 g/mol. The first-order valence-corrected chi connectivity index (χ1v) is 10.6. The van der Waals surface area contributed by atoms with E-state index in [4.69, 9.17) is 9.47 Å². The Morgan fingerprint density at radius 2 is 1.44 bits per heavy atom. The van der Waals surface area contributed by atoms with Crippen LogP contribution in [0.3, 0.4) is 0 Å². The maximum atomic E-state index is 12.0. The van der Waals surface area contributed by atoms with E-state index < -0.39 is 0 Å². The van der Waals surface area contributed by atoms with E-state index in [2.05, 4.69) is 35.0 Å². The lowest BCUT2D eigenvalue weighted by molar-refractivity contribution is -0.134. The van der Waals surface area contributed by atoms with Crippen LogP contribution in [0.15, 0.2) is 48.5 Å². The van der Waals surface area contributed by atoms with Crippen molar-refractivity contribution in [3.63, 3.8) is 0 Å². The lowest BCUT2D eigenvalue weighted by Gasteiger charge is -2.13. The second-order valence-corrected chi connectivity index (χ2v) is 8.01. The molecule has 3 nitrogen and oxygen atoms in total. The lowest BCUT2D eigenvalue weighted by atomic mass is 10.1. The molecular formula is C23H29BrO3. The molecule has 0 aliphatic carbocycles. The summed E-state index contributed by atoms with van der Waals surface area (Å²) in [5, 5.41) is 0. The smallest absolute Gasteiger partial charge is 0.325 e. The minimum atomic E-state index is -0.299. The van der Waals surface area contributed by atoms with Crippen molar-refractivity contribution in [2.24, 2.45) is 5.92 Å². The van der Waals surface area contributed by atoms with Crippen LogP contribution in [-0.4, -0.2) is 17.4 Å². The van der Waals surface area contributed by atoms with Gasteiger partial charge in [0.25, 0.3) is 0 Å². The Hall–Kier alpha value is -1.81. The van der Waals surface area contributed by atoms with E-state index in [0.717, 1.165) is 29.9 Å². The summed E-state index contributed by atoms with van der Waals surface area (Å²) in [5.74, 6) is 1.38. The summed E-state index contributed by atoms with van der Waals surface area (Å²) in [5.41, 5.74) is 2.18. The molecule has 0 bridgehead atoms. The van der Waals surface area contributed by atoms with Crippen molar-refractivity contribution in [1.82, 2.24) is 0 Å². The number of hydrogen-bond donors (Lipinski definition) is 0. The normalized spacial score (nSPS) is 12.0. The van der Waals surface area contributed by atoms with E-state index in [1.807, 2.05) is 50.2 Å². The van der Waals surface area contributed by atoms with Crippen LogP contribution in [-0.2, 0) is 4.79 Å². The van der Waals surface area contributed by atoms with E-state index in [0.29, 0.717) is 5.75 Å². The van der Waals surface area contributed by atoms with Crippen molar-refractivity contribution in [3.8, 4) is 22.6 Å². The topological polar surface area (TPSA) is 35.5 Å². The van der Waals surface area contributed by atoms with Crippen LogP contribution >= 0.6 is 15.9 Å². The Morgan fingerprint density at radius 3 is 1.96 bits per heavy atom. The van der Waals surface area contributed by atoms with E-state index in [1.54, 1.807) is 0 Å². The number of carbonyl (C=O) groups excluding carboxylic acids is 1. The zero-order valence-corrected chi connectivity index (χ0v) is 18.0. The van der Waals surface area contributed by atoms with Gasteiger partial charge in [-0.3, -0.25) is 4.79 Å². The molecule has 0 saturated carbocycles. The summed E-state index contributed by atoms with van der Waals surface area (Å²) in [7, 11) is 0. The van der Waals surface area contributed by atoms with Gasteiger partial charge in [0, 0.05) is 0 Å². The summed E-state index contributed by atoms with van der Waals surface area (Å²) in [6, 6.07) is 15.7. The molecule has 0 aliphatic rings. The first-order valence-electron chi connectivity index (χ1n) is 9.70. The highest BCUT2D eigenvalue weighted by atomic mass is 79.9. The van der Waals surface area contributed by atoms with Gasteiger partial charge < -0.3 is 9.47 Å². The van der Waals surface area contributed by atoms with Gasteiger partial charge in [-0.2, -0.15) is 0 Å². The molecule has 4 heteroatoms. The highest BCUT2D eigenvalue weighted by Gasteiger charge is 2.20. The number of carbonyl (C=O) groups is 1. The maximum Gasteiger partial charge on any atom is 0.325 e. The molecule has 1 atom stereocenters. The van der Waals surface area contributed by atoms with Crippen molar-refractivity contribution in [3.05, 3.63) is 48.5 Å². The van der Waals surface area contributed by atoms with Gasteiger partial charge in [0.1, 0.15) is 16.3 Å². The SMILES string of the molecule is CCCCCCOc1ccc(-c2ccc(OC(=O)C(Br)C(C)C)cc2)cc1. The van der Waals surface area contributed by atoms with Crippen LogP contribution in [0.5, 0.6) is 11.5 Å². The van der Waals surface area contributed by atoms with E-state index >= 15 is 0 Å². The first kappa shape index (κ1) is 21.5. The molecule has 0 fully saturated rings. The molecule has 1 unspecified atom stereocenters. The Balaban J connectivity index is 1.90. The number of ether oxygens (including phenoxy) is 2. The van der Waals surface area contributed by atoms with Crippen LogP contribution in [0, 0.1) is 5.92 Å². The molecule has 146 valence electrons. The van der Waals surface area contributed by atoms with Gasteiger partial charge in [-0.05, 0) is 47.7 Å². The Bertz CT molecular complexity index is 693. The van der Waals surface area contributed by atoms with Crippen molar-refractivity contribution in [1.29, 1.82) is 0 Å². The van der Waals surface area contributed by atoms with Crippen LogP contribution in [0.1, 0.15) is 46.5 Å². The Labute approximate surface area is 171 Å². The van der Waals surface area contributed by atoms with Gasteiger partial charge in [0.15, 0.2) is 0 Å². The fourth-order valence-corrected chi connectivity index (χ4v) is 2.72. The van der Waals surface area contributed by atoms with Crippen molar-refractivity contribution in [2.75, 3.05) is 6.61 Å². The monoisotopic (exact) mass is 432 g/mol. The largest absolute Gasteiger partial charge is 0.494 e. The molecule has 2 aromatic rings. The fourth-order valence-electron chi connectivity index (χ4n) is 2.62. The first-order chi connectivity index (χ1) is 13.0. The van der Waals surface area contributed by atoms with Crippen molar-refractivity contribution >= 4 is 21.9 Å². The molecule has 0 aliphatic heterocycles. The Morgan fingerprint density at radius 1 is 0.889 bits per heavy atom. The standard InChI is InChI=1S/C23H29BrO3/c1-4-5-6-7-16-26-20-12-8-18(9-13-20)19-10-14-21(15-11-19)27-23(25)22(24)17(2)3/h8-15,17,22H,4-7,16H2,1-3H3.